The van der Waals surface area contributed by atoms with E-state index in [1.807, 2.05) is 32.0 Å². The van der Waals surface area contributed by atoms with Crippen LogP contribution in [-0.4, -0.2) is 38.8 Å². The minimum Gasteiger partial charge on any atom is -0.496 e. The first-order valence-electron chi connectivity index (χ1n) is 9.90. The standard InChI is InChI=1S/C22H28N2O4S/c1-16-9-8-10-20(17(16)2)23-22(25)19-15-18(11-12-21(19)28-3)29(26,27)24-13-6-4-5-7-14-24/h8-12,15H,4-7,13-14H2,1-3H3,(H,23,25). The summed E-state index contributed by atoms with van der Waals surface area (Å²) in [7, 11) is -2.19. The zero-order valence-corrected chi connectivity index (χ0v) is 18.0. The van der Waals surface area contributed by atoms with Crippen molar-refractivity contribution in [2.24, 2.45) is 0 Å². The van der Waals surface area contributed by atoms with E-state index in [-0.39, 0.29) is 10.5 Å². The first kappa shape index (κ1) is 21.3. The number of carbonyl (C=O) groups excluding carboxylic acids is 1. The Morgan fingerprint density at radius 2 is 1.72 bits per heavy atom. The number of aryl methyl sites for hydroxylation is 1. The lowest BCUT2D eigenvalue weighted by Crippen LogP contribution is -2.32. The summed E-state index contributed by atoms with van der Waals surface area (Å²) in [5.41, 5.74) is 2.92. The van der Waals surface area contributed by atoms with Crippen LogP contribution in [0.1, 0.15) is 47.2 Å². The monoisotopic (exact) mass is 416 g/mol. The topological polar surface area (TPSA) is 75.7 Å². The Morgan fingerprint density at radius 3 is 2.38 bits per heavy atom. The van der Waals surface area contributed by atoms with Crippen molar-refractivity contribution in [1.29, 1.82) is 0 Å². The zero-order chi connectivity index (χ0) is 21.0. The van der Waals surface area contributed by atoms with Crippen LogP contribution in [0.4, 0.5) is 5.69 Å². The predicted octanol–water partition coefficient (Wildman–Crippen LogP) is 4.13. The van der Waals surface area contributed by atoms with Gasteiger partial charge in [0.1, 0.15) is 5.75 Å². The molecule has 6 nitrogen and oxygen atoms in total. The fraction of sp³-hybridized carbons (Fsp3) is 0.409. The Bertz CT molecular complexity index is 994. The molecule has 2 aromatic carbocycles. The number of hydrogen-bond acceptors (Lipinski definition) is 4. The van der Waals surface area contributed by atoms with Gasteiger partial charge in [-0.15, -0.1) is 0 Å². The maximum absolute atomic E-state index is 13.1. The van der Waals surface area contributed by atoms with Crippen LogP contribution in [0.5, 0.6) is 5.75 Å². The molecule has 29 heavy (non-hydrogen) atoms. The van der Waals surface area contributed by atoms with Gasteiger partial charge in [-0.2, -0.15) is 4.31 Å². The second-order valence-electron chi connectivity index (χ2n) is 7.38. The van der Waals surface area contributed by atoms with E-state index in [9.17, 15) is 13.2 Å². The van der Waals surface area contributed by atoms with Gasteiger partial charge in [-0.1, -0.05) is 25.0 Å². The fourth-order valence-corrected chi connectivity index (χ4v) is 5.08. The average molecular weight is 417 g/mol. The fourth-order valence-electron chi connectivity index (χ4n) is 3.53. The molecule has 0 unspecified atom stereocenters. The molecule has 156 valence electrons. The molecule has 0 bridgehead atoms. The van der Waals surface area contributed by atoms with Crippen molar-refractivity contribution in [2.75, 3.05) is 25.5 Å². The summed E-state index contributed by atoms with van der Waals surface area (Å²) in [6, 6.07) is 10.1. The van der Waals surface area contributed by atoms with Crippen LogP contribution >= 0.6 is 0 Å². The lowest BCUT2D eigenvalue weighted by molar-refractivity contribution is 0.102. The van der Waals surface area contributed by atoms with Crippen LogP contribution in [0.2, 0.25) is 0 Å². The lowest BCUT2D eigenvalue weighted by atomic mass is 10.1. The zero-order valence-electron chi connectivity index (χ0n) is 17.2. The number of amides is 1. The molecule has 1 saturated heterocycles. The normalized spacial score (nSPS) is 15.6. The molecule has 0 atom stereocenters. The summed E-state index contributed by atoms with van der Waals surface area (Å²) in [6.07, 6.45) is 3.79. The van der Waals surface area contributed by atoms with Gasteiger partial charge < -0.3 is 10.1 Å². The van der Waals surface area contributed by atoms with E-state index in [1.54, 1.807) is 6.07 Å². The van der Waals surface area contributed by atoms with E-state index >= 15 is 0 Å². The number of benzene rings is 2. The Labute approximate surface area is 172 Å². The van der Waals surface area contributed by atoms with Gasteiger partial charge in [-0.3, -0.25) is 4.79 Å². The number of sulfonamides is 1. The predicted molar refractivity (Wildman–Crippen MR) is 114 cm³/mol. The maximum atomic E-state index is 13.1. The number of methoxy groups -OCH3 is 1. The van der Waals surface area contributed by atoms with Crippen molar-refractivity contribution in [1.82, 2.24) is 4.31 Å². The molecule has 2 aromatic rings. The average Bonchev–Trinajstić information content (AvgIpc) is 3.01. The molecule has 1 amide bonds. The third kappa shape index (κ3) is 4.62. The van der Waals surface area contributed by atoms with Gasteiger partial charge in [0.05, 0.1) is 17.6 Å². The van der Waals surface area contributed by atoms with Crippen molar-refractivity contribution < 1.29 is 17.9 Å². The molecular weight excluding hydrogens is 388 g/mol. The Hall–Kier alpha value is -2.38. The molecule has 1 heterocycles. The number of nitrogens with one attached hydrogen (secondary N) is 1. The smallest absolute Gasteiger partial charge is 0.259 e. The minimum absolute atomic E-state index is 0.117. The van der Waals surface area contributed by atoms with E-state index < -0.39 is 15.9 Å². The molecule has 1 aliphatic rings. The molecule has 0 aliphatic carbocycles. The van der Waals surface area contributed by atoms with Crippen molar-refractivity contribution in [3.05, 3.63) is 53.1 Å². The number of rotatable bonds is 5. The first-order chi connectivity index (χ1) is 13.8. The number of nitrogens with zero attached hydrogens (tertiary/aromatic N) is 1. The van der Waals surface area contributed by atoms with Gasteiger partial charge in [-0.25, -0.2) is 8.42 Å². The van der Waals surface area contributed by atoms with Crippen molar-refractivity contribution in [3.63, 3.8) is 0 Å². The first-order valence-corrected chi connectivity index (χ1v) is 11.3. The maximum Gasteiger partial charge on any atom is 0.259 e. The van der Waals surface area contributed by atoms with Gasteiger partial charge in [-0.05, 0) is 62.1 Å². The Kier molecular flexibility index (Phi) is 6.59. The van der Waals surface area contributed by atoms with Crippen LogP contribution in [0.3, 0.4) is 0 Å². The third-order valence-electron chi connectivity index (χ3n) is 5.47. The van der Waals surface area contributed by atoms with E-state index in [0.29, 0.717) is 24.5 Å². The van der Waals surface area contributed by atoms with E-state index in [0.717, 1.165) is 36.8 Å². The molecule has 7 heteroatoms. The highest BCUT2D eigenvalue weighted by Gasteiger charge is 2.27. The summed E-state index contributed by atoms with van der Waals surface area (Å²) < 4.78 is 33.1. The summed E-state index contributed by atoms with van der Waals surface area (Å²) in [5.74, 6) is -0.0638. The molecule has 0 radical (unpaired) electrons. The van der Waals surface area contributed by atoms with Crippen LogP contribution in [0, 0.1) is 13.8 Å². The summed E-state index contributed by atoms with van der Waals surface area (Å²) in [6.45, 7) is 4.93. The van der Waals surface area contributed by atoms with Crippen LogP contribution in [0.25, 0.3) is 0 Å². The molecule has 1 fully saturated rings. The van der Waals surface area contributed by atoms with Gasteiger partial charge in [0.15, 0.2) is 0 Å². The highest BCUT2D eigenvalue weighted by atomic mass is 32.2. The van der Waals surface area contributed by atoms with Gasteiger partial charge >= 0.3 is 0 Å². The second-order valence-corrected chi connectivity index (χ2v) is 9.32. The van der Waals surface area contributed by atoms with Crippen molar-refractivity contribution >= 4 is 21.6 Å². The molecule has 0 aromatic heterocycles. The molecule has 0 saturated carbocycles. The largest absolute Gasteiger partial charge is 0.496 e. The van der Waals surface area contributed by atoms with Gasteiger partial charge in [0, 0.05) is 18.8 Å². The number of ether oxygens (including phenoxy) is 1. The summed E-state index contributed by atoms with van der Waals surface area (Å²) >= 11 is 0. The SMILES string of the molecule is COc1ccc(S(=O)(=O)N2CCCCCC2)cc1C(=O)Nc1cccc(C)c1C. The van der Waals surface area contributed by atoms with Crippen LogP contribution in [0.15, 0.2) is 41.3 Å². The minimum atomic E-state index is -3.66. The molecule has 1 N–H and O–H groups in total. The molecule has 3 rings (SSSR count). The molecular formula is C22H28N2O4S. The molecule has 0 spiro atoms. The molecule has 1 aliphatic heterocycles. The van der Waals surface area contributed by atoms with E-state index in [1.165, 1.54) is 23.5 Å². The van der Waals surface area contributed by atoms with Gasteiger partial charge in [0.25, 0.3) is 5.91 Å². The number of carbonyl (C=O) groups is 1. The second kappa shape index (κ2) is 8.97. The van der Waals surface area contributed by atoms with Crippen LogP contribution in [-0.2, 0) is 10.0 Å². The Morgan fingerprint density at radius 1 is 1.03 bits per heavy atom. The van der Waals surface area contributed by atoms with Crippen molar-refractivity contribution in [2.45, 2.75) is 44.4 Å². The van der Waals surface area contributed by atoms with E-state index in [2.05, 4.69) is 5.32 Å². The number of hydrogen-bond donors (Lipinski definition) is 1. The van der Waals surface area contributed by atoms with Crippen LogP contribution < -0.4 is 10.1 Å². The quantitative estimate of drug-likeness (QED) is 0.795. The highest BCUT2D eigenvalue weighted by Crippen LogP contribution is 2.27. The highest BCUT2D eigenvalue weighted by molar-refractivity contribution is 7.89. The van der Waals surface area contributed by atoms with Gasteiger partial charge in [0.2, 0.25) is 10.0 Å². The lowest BCUT2D eigenvalue weighted by Gasteiger charge is -2.21. The van der Waals surface area contributed by atoms with E-state index in [4.69, 9.17) is 4.74 Å². The Balaban J connectivity index is 1.94. The number of anilines is 1. The van der Waals surface area contributed by atoms with Crippen molar-refractivity contribution in [3.8, 4) is 5.75 Å². The third-order valence-corrected chi connectivity index (χ3v) is 7.37. The summed E-state index contributed by atoms with van der Waals surface area (Å²) in [4.78, 5) is 13.1. The summed E-state index contributed by atoms with van der Waals surface area (Å²) in [5, 5.41) is 2.88.